The quantitative estimate of drug-likeness (QED) is 0.450. The number of hydrogen-bond acceptors (Lipinski definition) is 7. The van der Waals surface area contributed by atoms with E-state index in [0.29, 0.717) is 5.56 Å². The van der Waals surface area contributed by atoms with Gasteiger partial charge in [0.05, 0.1) is 19.8 Å². The second-order valence-corrected chi connectivity index (χ2v) is 7.01. The van der Waals surface area contributed by atoms with Crippen LogP contribution in [0.15, 0.2) is 48.5 Å². The van der Waals surface area contributed by atoms with Gasteiger partial charge in [-0.1, -0.05) is 36.4 Å². The minimum Gasteiger partial charge on any atom is -0.394 e. The van der Waals surface area contributed by atoms with Crippen molar-refractivity contribution in [3.05, 3.63) is 59.7 Å². The maximum Gasteiger partial charge on any atom is 0.248 e. The zero-order valence-electron chi connectivity index (χ0n) is 15.7. The summed E-state index contributed by atoms with van der Waals surface area (Å²) in [5.74, 6) is -0.475. The highest BCUT2D eigenvalue weighted by atomic mass is 16.6. The lowest BCUT2D eigenvalue weighted by molar-refractivity contribution is -0.118. The number of aliphatic hydroxyl groups is 4. The van der Waals surface area contributed by atoms with E-state index in [4.69, 9.17) is 15.2 Å². The summed E-state index contributed by atoms with van der Waals surface area (Å²) in [6.07, 6.45) is -6.05. The molecule has 8 nitrogen and oxygen atoms in total. The van der Waals surface area contributed by atoms with Gasteiger partial charge in [0.1, 0.15) is 30.5 Å². The number of carbonyl (C=O) groups is 1. The van der Waals surface area contributed by atoms with E-state index in [9.17, 15) is 25.2 Å². The summed E-state index contributed by atoms with van der Waals surface area (Å²) >= 11 is 0. The van der Waals surface area contributed by atoms with Gasteiger partial charge in [0, 0.05) is 5.56 Å². The molecule has 0 aromatic heterocycles. The van der Waals surface area contributed by atoms with Gasteiger partial charge >= 0.3 is 0 Å². The standard InChI is InChI=1S/C21H25NO7/c22-21(27)15-7-5-14(6-8-15)13-3-1-12(2-4-13)10-28-17-11-29-16(9-23)18(24)20(26)19(17)25/h1-8,16-20,23-26H,9-11H2,(H2,22,27)/t16-,17+,18-,19-,20+/m1/s1. The highest BCUT2D eigenvalue weighted by molar-refractivity contribution is 5.93. The number of hydrogen-bond donors (Lipinski definition) is 5. The molecular formula is C21H25NO7. The zero-order valence-corrected chi connectivity index (χ0v) is 15.7. The lowest BCUT2D eigenvalue weighted by atomic mass is 10.0. The van der Waals surface area contributed by atoms with Crippen molar-refractivity contribution in [1.29, 1.82) is 0 Å². The molecule has 0 radical (unpaired) electrons. The van der Waals surface area contributed by atoms with Crippen LogP contribution in [-0.4, -0.2) is 70.1 Å². The van der Waals surface area contributed by atoms with E-state index in [1.165, 1.54) is 0 Å². The molecule has 1 amide bonds. The van der Waals surface area contributed by atoms with Crippen molar-refractivity contribution in [3.8, 4) is 11.1 Å². The molecule has 0 unspecified atom stereocenters. The summed E-state index contributed by atoms with van der Waals surface area (Å²) in [5, 5.41) is 39.3. The van der Waals surface area contributed by atoms with Crippen LogP contribution in [-0.2, 0) is 16.1 Å². The summed E-state index contributed by atoms with van der Waals surface area (Å²) in [5.41, 5.74) is 8.41. The van der Waals surface area contributed by atoms with Gasteiger partial charge in [0.15, 0.2) is 0 Å². The van der Waals surface area contributed by atoms with Gasteiger partial charge in [-0.2, -0.15) is 0 Å². The molecule has 0 saturated carbocycles. The fourth-order valence-electron chi connectivity index (χ4n) is 3.19. The zero-order chi connectivity index (χ0) is 21.0. The van der Waals surface area contributed by atoms with Crippen LogP contribution in [0.5, 0.6) is 0 Å². The predicted molar refractivity (Wildman–Crippen MR) is 104 cm³/mol. The molecule has 29 heavy (non-hydrogen) atoms. The van der Waals surface area contributed by atoms with E-state index in [-0.39, 0.29) is 13.2 Å². The third kappa shape index (κ3) is 4.99. The first kappa shape index (κ1) is 21.4. The average Bonchev–Trinajstić information content (AvgIpc) is 2.84. The molecule has 1 aliphatic heterocycles. The summed E-state index contributed by atoms with van der Waals surface area (Å²) in [6.45, 7) is -0.372. The lowest BCUT2D eigenvalue weighted by Gasteiger charge is -2.25. The highest BCUT2D eigenvalue weighted by Gasteiger charge is 2.40. The van der Waals surface area contributed by atoms with Crippen LogP contribution in [0.3, 0.4) is 0 Å². The van der Waals surface area contributed by atoms with Crippen molar-refractivity contribution in [3.63, 3.8) is 0 Å². The minimum absolute atomic E-state index is 0.0647. The van der Waals surface area contributed by atoms with Crippen molar-refractivity contribution >= 4 is 5.91 Å². The Labute approximate surface area is 168 Å². The Kier molecular flexibility index (Phi) is 6.96. The summed E-state index contributed by atoms with van der Waals surface area (Å²) in [7, 11) is 0. The van der Waals surface area contributed by atoms with Crippen molar-refractivity contribution in [2.75, 3.05) is 13.2 Å². The van der Waals surface area contributed by atoms with Gasteiger partial charge in [-0.25, -0.2) is 0 Å². The molecule has 3 rings (SSSR count). The van der Waals surface area contributed by atoms with Crippen molar-refractivity contribution < 1.29 is 34.7 Å². The number of rotatable bonds is 6. The molecule has 2 aromatic carbocycles. The first-order valence-corrected chi connectivity index (χ1v) is 9.28. The maximum atomic E-state index is 11.2. The van der Waals surface area contributed by atoms with Crippen LogP contribution in [0.4, 0.5) is 0 Å². The van der Waals surface area contributed by atoms with Crippen LogP contribution in [0, 0.1) is 0 Å². The lowest BCUT2D eigenvalue weighted by Crippen LogP contribution is -2.47. The van der Waals surface area contributed by atoms with Gasteiger partial charge in [-0.05, 0) is 28.8 Å². The van der Waals surface area contributed by atoms with Crippen LogP contribution >= 0.6 is 0 Å². The van der Waals surface area contributed by atoms with E-state index in [1.54, 1.807) is 12.1 Å². The molecular weight excluding hydrogens is 378 g/mol. The third-order valence-corrected chi connectivity index (χ3v) is 5.04. The normalized spacial score (nSPS) is 27.4. The van der Waals surface area contributed by atoms with Crippen molar-refractivity contribution in [1.82, 2.24) is 0 Å². The minimum atomic E-state index is -1.48. The van der Waals surface area contributed by atoms with Gasteiger partial charge in [-0.3, -0.25) is 4.79 Å². The first-order valence-electron chi connectivity index (χ1n) is 9.28. The molecule has 2 aromatic rings. The molecule has 1 saturated heterocycles. The topological polar surface area (TPSA) is 142 Å². The average molecular weight is 403 g/mol. The Balaban J connectivity index is 1.62. The molecule has 0 bridgehead atoms. The summed E-state index contributed by atoms with van der Waals surface area (Å²) in [4.78, 5) is 11.2. The third-order valence-electron chi connectivity index (χ3n) is 5.04. The summed E-state index contributed by atoms with van der Waals surface area (Å²) < 4.78 is 11.0. The number of nitrogens with two attached hydrogens (primary N) is 1. The van der Waals surface area contributed by atoms with Gasteiger partial charge in [-0.15, -0.1) is 0 Å². The smallest absolute Gasteiger partial charge is 0.248 e. The molecule has 1 aliphatic rings. The molecule has 8 heteroatoms. The SMILES string of the molecule is NC(=O)c1ccc(-c2ccc(CO[C@H]3CO[C@H](CO)[C@@H](O)[C@H](O)[C@@H]3O)cc2)cc1. The van der Waals surface area contributed by atoms with E-state index < -0.39 is 43.0 Å². The highest BCUT2D eigenvalue weighted by Crippen LogP contribution is 2.22. The molecule has 1 fully saturated rings. The molecule has 5 atom stereocenters. The monoisotopic (exact) mass is 403 g/mol. The number of benzene rings is 2. The maximum absolute atomic E-state index is 11.2. The van der Waals surface area contributed by atoms with Gasteiger partial charge in [0.2, 0.25) is 5.91 Å². The molecule has 0 aliphatic carbocycles. The number of ether oxygens (including phenoxy) is 2. The molecule has 1 heterocycles. The number of amides is 1. The Hall–Kier alpha value is -2.33. The van der Waals surface area contributed by atoms with E-state index in [2.05, 4.69) is 0 Å². The van der Waals surface area contributed by atoms with E-state index >= 15 is 0 Å². The van der Waals surface area contributed by atoms with Gasteiger partial charge in [0.25, 0.3) is 0 Å². The van der Waals surface area contributed by atoms with E-state index in [0.717, 1.165) is 16.7 Å². The largest absolute Gasteiger partial charge is 0.394 e. The number of aliphatic hydroxyl groups excluding tert-OH is 4. The van der Waals surface area contributed by atoms with Crippen LogP contribution < -0.4 is 5.73 Å². The number of primary amides is 1. The second-order valence-electron chi connectivity index (χ2n) is 7.01. The van der Waals surface area contributed by atoms with E-state index in [1.807, 2.05) is 36.4 Å². The molecule has 6 N–H and O–H groups in total. The molecule has 0 spiro atoms. The second kappa shape index (κ2) is 9.45. The Morgan fingerprint density at radius 1 is 0.966 bits per heavy atom. The predicted octanol–water partition coefficient (Wildman–Crippen LogP) is -0.189. The fraction of sp³-hybridized carbons (Fsp3) is 0.381. The Morgan fingerprint density at radius 2 is 1.55 bits per heavy atom. The summed E-state index contributed by atoms with van der Waals surface area (Å²) in [6, 6.07) is 14.5. The van der Waals surface area contributed by atoms with Crippen LogP contribution in [0.25, 0.3) is 11.1 Å². The number of carbonyl (C=O) groups excluding carboxylic acids is 1. The van der Waals surface area contributed by atoms with Crippen molar-refractivity contribution in [2.24, 2.45) is 5.73 Å². The molecule has 156 valence electrons. The van der Waals surface area contributed by atoms with Crippen LogP contribution in [0.2, 0.25) is 0 Å². The van der Waals surface area contributed by atoms with Crippen LogP contribution in [0.1, 0.15) is 15.9 Å². The Morgan fingerprint density at radius 3 is 2.10 bits per heavy atom. The van der Waals surface area contributed by atoms with Gasteiger partial charge < -0.3 is 35.6 Å². The Bertz CT molecular complexity index is 809. The fourth-order valence-corrected chi connectivity index (χ4v) is 3.19. The van der Waals surface area contributed by atoms with Crippen molar-refractivity contribution in [2.45, 2.75) is 37.1 Å². The first-order chi connectivity index (χ1) is 13.9.